The molecule has 128 valence electrons. The first-order chi connectivity index (χ1) is 12.6. The molecule has 2 aromatic heterocycles. The fraction of sp³-hybridized carbons (Fsp3) is 0.0476. The maximum absolute atomic E-state index is 12.9. The average molecular weight is 406 g/mol. The van der Waals surface area contributed by atoms with Crippen molar-refractivity contribution in [2.75, 3.05) is 5.32 Å². The predicted octanol–water partition coefficient (Wildman–Crippen LogP) is 5.32. The summed E-state index contributed by atoms with van der Waals surface area (Å²) in [5.74, 6) is 0.491. The van der Waals surface area contributed by atoms with Gasteiger partial charge in [0.25, 0.3) is 5.91 Å². The number of aromatic nitrogens is 2. The van der Waals surface area contributed by atoms with Gasteiger partial charge in [0.1, 0.15) is 17.2 Å². The Kier molecular flexibility index (Phi) is 4.31. The summed E-state index contributed by atoms with van der Waals surface area (Å²) in [6, 6.07) is 23.1. The van der Waals surface area contributed by atoms with E-state index in [0.717, 1.165) is 27.1 Å². The number of pyridine rings is 1. The number of nitrogens with one attached hydrogen (secondary N) is 1. The van der Waals surface area contributed by atoms with Crippen LogP contribution in [-0.2, 0) is 0 Å². The highest BCUT2D eigenvalue weighted by molar-refractivity contribution is 9.10. The molecule has 0 saturated heterocycles. The number of halogens is 1. The fourth-order valence-corrected chi connectivity index (χ4v) is 3.45. The molecular formula is C21H16BrN3O. The van der Waals surface area contributed by atoms with E-state index in [9.17, 15) is 4.79 Å². The minimum atomic E-state index is -0.181. The minimum absolute atomic E-state index is 0.181. The molecule has 0 radical (unpaired) electrons. The van der Waals surface area contributed by atoms with Crippen LogP contribution in [0.15, 0.2) is 77.3 Å². The molecule has 0 bridgehead atoms. The molecule has 4 rings (SSSR count). The second-order valence-electron chi connectivity index (χ2n) is 5.97. The van der Waals surface area contributed by atoms with Crippen molar-refractivity contribution in [2.45, 2.75) is 6.92 Å². The quantitative estimate of drug-likeness (QED) is 0.500. The second-order valence-corrected chi connectivity index (χ2v) is 6.82. The molecule has 2 heterocycles. The summed E-state index contributed by atoms with van der Waals surface area (Å²) in [6.45, 7) is 2.00. The number of anilines is 1. The van der Waals surface area contributed by atoms with E-state index in [1.807, 2.05) is 78.1 Å². The predicted molar refractivity (Wildman–Crippen MR) is 107 cm³/mol. The van der Waals surface area contributed by atoms with Crippen molar-refractivity contribution in [1.82, 2.24) is 9.38 Å². The number of carbonyl (C=O) groups excluding carboxylic acids is 1. The zero-order valence-corrected chi connectivity index (χ0v) is 15.7. The van der Waals surface area contributed by atoms with Gasteiger partial charge in [-0.25, -0.2) is 4.98 Å². The highest BCUT2D eigenvalue weighted by Crippen LogP contribution is 2.30. The summed E-state index contributed by atoms with van der Waals surface area (Å²) in [5.41, 5.74) is 4.08. The van der Waals surface area contributed by atoms with Gasteiger partial charge in [-0.05, 0) is 47.1 Å². The molecule has 4 nitrogen and oxygen atoms in total. The van der Waals surface area contributed by atoms with Crippen LogP contribution in [0.3, 0.4) is 0 Å². The number of carbonyl (C=O) groups is 1. The number of imidazole rings is 1. The summed E-state index contributed by atoms with van der Waals surface area (Å²) in [6.07, 6.45) is 0. The van der Waals surface area contributed by atoms with Crippen molar-refractivity contribution in [1.29, 1.82) is 0 Å². The number of fused-ring (bicyclic) bond motifs is 1. The van der Waals surface area contributed by atoms with Crippen LogP contribution in [0.25, 0.3) is 16.9 Å². The lowest BCUT2D eigenvalue weighted by molar-refractivity contribution is 0.102. The Morgan fingerprint density at radius 2 is 1.69 bits per heavy atom. The van der Waals surface area contributed by atoms with Gasteiger partial charge in [0, 0.05) is 15.7 Å². The monoisotopic (exact) mass is 405 g/mol. The van der Waals surface area contributed by atoms with E-state index in [-0.39, 0.29) is 5.91 Å². The van der Waals surface area contributed by atoms with Gasteiger partial charge >= 0.3 is 0 Å². The summed E-state index contributed by atoms with van der Waals surface area (Å²) < 4.78 is 2.72. The van der Waals surface area contributed by atoms with Gasteiger partial charge in [-0.1, -0.05) is 48.5 Å². The van der Waals surface area contributed by atoms with Crippen molar-refractivity contribution in [3.63, 3.8) is 0 Å². The van der Waals surface area contributed by atoms with E-state index >= 15 is 0 Å². The molecule has 0 saturated carbocycles. The number of hydrogen-bond donors (Lipinski definition) is 1. The van der Waals surface area contributed by atoms with E-state index < -0.39 is 0 Å². The first-order valence-electron chi connectivity index (χ1n) is 8.24. The number of aryl methyl sites for hydroxylation is 1. The molecule has 0 unspecified atom stereocenters. The maximum Gasteiger partial charge on any atom is 0.257 e. The number of rotatable bonds is 3. The van der Waals surface area contributed by atoms with E-state index in [1.54, 1.807) is 6.07 Å². The van der Waals surface area contributed by atoms with Crippen molar-refractivity contribution < 1.29 is 4.79 Å². The number of amides is 1. The summed E-state index contributed by atoms with van der Waals surface area (Å²) in [5, 5.41) is 3.06. The van der Waals surface area contributed by atoms with E-state index in [2.05, 4.69) is 21.2 Å². The number of nitrogens with zero attached hydrogens (tertiary/aromatic N) is 2. The Bertz CT molecular complexity index is 1100. The van der Waals surface area contributed by atoms with E-state index in [0.29, 0.717) is 11.4 Å². The third kappa shape index (κ3) is 2.91. The van der Waals surface area contributed by atoms with Gasteiger partial charge in [0.2, 0.25) is 0 Å². The highest BCUT2D eigenvalue weighted by atomic mass is 79.9. The zero-order valence-electron chi connectivity index (χ0n) is 14.1. The summed E-state index contributed by atoms with van der Waals surface area (Å²) in [7, 11) is 0. The van der Waals surface area contributed by atoms with Crippen LogP contribution in [0.5, 0.6) is 0 Å². The molecule has 2 aromatic carbocycles. The molecule has 4 aromatic rings. The van der Waals surface area contributed by atoms with Crippen LogP contribution in [0.1, 0.15) is 16.1 Å². The van der Waals surface area contributed by atoms with Crippen LogP contribution >= 0.6 is 15.9 Å². The van der Waals surface area contributed by atoms with Crippen molar-refractivity contribution >= 4 is 33.3 Å². The lowest BCUT2D eigenvalue weighted by Gasteiger charge is -2.10. The van der Waals surface area contributed by atoms with Crippen LogP contribution in [0.2, 0.25) is 0 Å². The Hall–Kier alpha value is -2.92. The van der Waals surface area contributed by atoms with Crippen LogP contribution in [-0.4, -0.2) is 15.3 Å². The molecule has 0 spiro atoms. The van der Waals surface area contributed by atoms with Crippen molar-refractivity contribution in [3.8, 4) is 11.3 Å². The molecule has 0 aliphatic heterocycles. The third-order valence-electron chi connectivity index (χ3n) is 4.24. The lowest BCUT2D eigenvalue weighted by atomic mass is 10.1. The van der Waals surface area contributed by atoms with Gasteiger partial charge in [-0.15, -0.1) is 0 Å². The van der Waals surface area contributed by atoms with Gasteiger partial charge in [0.15, 0.2) is 0 Å². The molecule has 1 N–H and O–H groups in total. The van der Waals surface area contributed by atoms with Gasteiger partial charge in [0.05, 0.1) is 5.56 Å². The average Bonchev–Trinajstić information content (AvgIpc) is 3.02. The smallest absolute Gasteiger partial charge is 0.257 e. The molecule has 5 heteroatoms. The van der Waals surface area contributed by atoms with Gasteiger partial charge in [-0.3, -0.25) is 9.20 Å². The summed E-state index contributed by atoms with van der Waals surface area (Å²) >= 11 is 3.45. The Morgan fingerprint density at radius 3 is 2.46 bits per heavy atom. The molecule has 0 atom stereocenters. The third-order valence-corrected chi connectivity index (χ3v) is 4.93. The SMILES string of the molecule is Cc1cccc2nc(-c3ccccc3)c(NC(=O)c3ccccc3Br)n12. The Labute approximate surface area is 159 Å². The van der Waals surface area contributed by atoms with Crippen LogP contribution in [0.4, 0.5) is 5.82 Å². The standard InChI is InChI=1S/C21H16BrN3O/c1-14-8-7-13-18-23-19(15-9-3-2-4-10-15)20(25(14)18)24-21(26)16-11-5-6-12-17(16)22/h2-13H,1H3,(H,24,26). The number of benzene rings is 2. The maximum atomic E-state index is 12.9. The highest BCUT2D eigenvalue weighted by Gasteiger charge is 2.19. The molecule has 0 aliphatic carbocycles. The van der Waals surface area contributed by atoms with E-state index in [1.165, 1.54) is 0 Å². The minimum Gasteiger partial charge on any atom is -0.306 e. The molecule has 26 heavy (non-hydrogen) atoms. The summed E-state index contributed by atoms with van der Waals surface area (Å²) in [4.78, 5) is 17.6. The first kappa shape index (κ1) is 16.5. The number of hydrogen-bond acceptors (Lipinski definition) is 2. The zero-order chi connectivity index (χ0) is 18.1. The van der Waals surface area contributed by atoms with Crippen molar-refractivity contribution in [2.24, 2.45) is 0 Å². The first-order valence-corrected chi connectivity index (χ1v) is 9.04. The fourth-order valence-electron chi connectivity index (χ4n) is 2.99. The lowest BCUT2D eigenvalue weighted by Crippen LogP contribution is -2.15. The van der Waals surface area contributed by atoms with Crippen molar-refractivity contribution in [3.05, 3.63) is 88.5 Å². The van der Waals surface area contributed by atoms with Gasteiger partial charge in [-0.2, -0.15) is 0 Å². The molecular weight excluding hydrogens is 390 g/mol. The largest absolute Gasteiger partial charge is 0.306 e. The van der Waals surface area contributed by atoms with E-state index in [4.69, 9.17) is 4.98 Å². The normalized spacial score (nSPS) is 10.8. The second kappa shape index (κ2) is 6.77. The van der Waals surface area contributed by atoms with Gasteiger partial charge < -0.3 is 5.32 Å². The molecule has 0 fully saturated rings. The Morgan fingerprint density at radius 1 is 0.962 bits per heavy atom. The molecule has 0 aliphatic rings. The van der Waals surface area contributed by atoms with Crippen LogP contribution < -0.4 is 5.32 Å². The topological polar surface area (TPSA) is 46.4 Å². The molecule has 1 amide bonds. The Balaban J connectivity index is 1.88. The van der Waals surface area contributed by atoms with Crippen LogP contribution in [0, 0.1) is 6.92 Å².